The van der Waals surface area contributed by atoms with E-state index >= 15 is 0 Å². The van der Waals surface area contributed by atoms with Crippen LogP contribution in [0.2, 0.25) is 5.02 Å². The largest absolute Gasteiger partial charge is 0.490 e. The van der Waals surface area contributed by atoms with Crippen molar-refractivity contribution in [3.63, 3.8) is 0 Å². The van der Waals surface area contributed by atoms with Crippen LogP contribution in [-0.4, -0.2) is 68.0 Å². The smallest absolute Gasteiger partial charge is 0.270 e. The SMILES string of the molecule is CO[C@H]1C[C@H](NC(=O)c2cc(Cl)ccn2)C[C@H](n2c(-c3ccccc3OCCO)nc3ccc(-c4ncccn4)cc32)C1. The second-order valence-electron chi connectivity index (χ2n) is 10.4. The minimum atomic E-state index is -0.287. The van der Waals surface area contributed by atoms with Crippen LogP contribution in [0.1, 0.15) is 35.8 Å². The Kier molecular flexibility index (Phi) is 8.59. The first-order chi connectivity index (χ1) is 21.0. The molecule has 5 aromatic rings. The number of carbonyl (C=O) groups is 1. The topological polar surface area (TPSA) is 124 Å². The molecule has 1 saturated carbocycles. The molecule has 1 fully saturated rings. The van der Waals surface area contributed by atoms with Crippen molar-refractivity contribution in [2.75, 3.05) is 20.3 Å². The summed E-state index contributed by atoms with van der Waals surface area (Å²) in [6, 6.07) is 18.4. The summed E-state index contributed by atoms with van der Waals surface area (Å²) in [6.45, 7) is 0.0553. The van der Waals surface area contributed by atoms with Crippen molar-refractivity contribution < 1.29 is 19.4 Å². The number of aliphatic hydroxyl groups excluding tert-OH is 1. The lowest BCUT2D eigenvalue weighted by Crippen LogP contribution is -2.43. The van der Waals surface area contributed by atoms with E-state index in [1.807, 2.05) is 36.4 Å². The highest BCUT2D eigenvalue weighted by atomic mass is 35.5. The number of hydrogen-bond acceptors (Lipinski definition) is 8. The van der Waals surface area contributed by atoms with Gasteiger partial charge in [-0.3, -0.25) is 9.78 Å². The van der Waals surface area contributed by atoms with E-state index < -0.39 is 0 Å². The number of halogens is 1. The third-order valence-electron chi connectivity index (χ3n) is 7.62. The third-order valence-corrected chi connectivity index (χ3v) is 7.85. The molecule has 11 heteroatoms. The van der Waals surface area contributed by atoms with Gasteiger partial charge in [-0.25, -0.2) is 15.0 Å². The molecule has 3 heterocycles. The zero-order valence-electron chi connectivity index (χ0n) is 23.6. The molecule has 1 aliphatic carbocycles. The maximum atomic E-state index is 13.2. The van der Waals surface area contributed by atoms with Crippen LogP contribution in [0, 0.1) is 0 Å². The van der Waals surface area contributed by atoms with Gasteiger partial charge in [-0.05, 0) is 67.8 Å². The molecule has 0 saturated heterocycles. The number of aromatic nitrogens is 5. The van der Waals surface area contributed by atoms with Crippen molar-refractivity contribution in [3.05, 3.63) is 90.0 Å². The summed E-state index contributed by atoms with van der Waals surface area (Å²) in [5, 5.41) is 13.0. The normalized spacial score (nSPS) is 18.4. The van der Waals surface area contributed by atoms with Gasteiger partial charge in [0.05, 0.1) is 29.3 Å². The van der Waals surface area contributed by atoms with E-state index in [1.54, 1.807) is 37.7 Å². The number of imidazole rings is 1. The summed E-state index contributed by atoms with van der Waals surface area (Å²) >= 11 is 6.12. The molecule has 10 nitrogen and oxygen atoms in total. The number of amides is 1. The molecule has 1 aliphatic rings. The molecule has 2 aromatic carbocycles. The standard InChI is InChI=1S/C32H31ClN6O4/c1-42-24-18-22(37-32(41)27-16-21(33)9-12-34-27)17-23(19-24)39-28-15-20(30-35-10-4-11-36-30)7-8-26(28)38-31(39)25-5-2-3-6-29(25)43-14-13-40/h2-12,15-16,22-24,40H,13-14,17-19H2,1H3,(H,37,41)/t22-,23+,24+/m1/s1. The van der Waals surface area contributed by atoms with Crippen LogP contribution in [0.5, 0.6) is 5.75 Å². The van der Waals surface area contributed by atoms with Gasteiger partial charge in [0.1, 0.15) is 23.9 Å². The first-order valence-electron chi connectivity index (χ1n) is 14.1. The Balaban J connectivity index is 1.44. The van der Waals surface area contributed by atoms with Gasteiger partial charge >= 0.3 is 0 Å². The lowest BCUT2D eigenvalue weighted by atomic mass is 9.87. The number of rotatable bonds is 9. The summed E-state index contributed by atoms with van der Waals surface area (Å²) < 4.78 is 14.0. The third kappa shape index (κ3) is 6.22. The number of fused-ring (bicyclic) bond motifs is 1. The number of aliphatic hydroxyl groups is 1. The fourth-order valence-electron chi connectivity index (χ4n) is 5.72. The van der Waals surface area contributed by atoms with Gasteiger partial charge in [0, 0.05) is 48.4 Å². The number of nitrogens with zero attached hydrogens (tertiary/aromatic N) is 5. The Morgan fingerprint density at radius 3 is 2.65 bits per heavy atom. The number of nitrogens with one attached hydrogen (secondary N) is 1. The molecule has 1 amide bonds. The molecule has 2 N–H and O–H groups in total. The van der Waals surface area contributed by atoms with Crippen molar-refractivity contribution >= 4 is 28.5 Å². The molecule has 3 atom stereocenters. The van der Waals surface area contributed by atoms with E-state index in [2.05, 4.69) is 30.9 Å². The number of benzene rings is 2. The zero-order chi connectivity index (χ0) is 29.8. The molecule has 6 rings (SSSR count). The van der Waals surface area contributed by atoms with Gasteiger partial charge in [-0.15, -0.1) is 0 Å². The van der Waals surface area contributed by atoms with Crippen LogP contribution < -0.4 is 10.1 Å². The van der Waals surface area contributed by atoms with Gasteiger partial charge < -0.3 is 24.5 Å². The maximum absolute atomic E-state index is 13.2. The summed E-state index contributed by atoms with van der Waals surface area (Å²) in [4.78, 5) is 31.3. The van der Waals surface area contributed by atoms with Crippen LogP contribution in [0.3, 0.4) is 0 Å². The molecule has 0 unspecified atom stereocenters. The molecule has 220 valence electrons. The highest BCUT2D eigenvalue weighted by Crippen LogP contribution is 2.40. The summed E-state index contributed by atoms with van der Waals surface area (Å²) in [5.74, 6) is 1.67. The van der Waals surface area contributed by atoms with E-state index in [4.69, 9.17) is 26.1 Å². The van der Waals surface area contributed by atoms with Crippen LogP contribution in [0.4, 0.5) is 0 Å². The second-order valence-corrected chi connectivity index (χ2v) is 10.8. The predicted octanol–water partition coefficient (Wildman–Crippen LogP) is 5.12. The average molecular weight is 599 g/mol. The summed E-state index contributed by atoms with van der Waals surface area (Å²) in [7, 11) is 1.69. The van der Waals surface area contributed by atoms with Gasteiger partial charge in [-0.2, -0.15) is 0 Å². The Bertz CT molecular complexity index is 1730. The van der Waals surface area contributed by atoms with Crippen molar-refractivity contribution in [3.8, 4) is 28.5 Å². The monoisotopic (exact) mass is 598 g/mol. The van der Waals surface area contributed by atoms with E-state index in [0.717, 1.165) is 28.0 Å². The van der Waals surface area contributed by atoms with E-state index in [1.165, 1.54) is 6.20 Å². The van der Waals surface area contributed by atoms with Crippen LogP contribution in [-0.2, 0) is 4.74 Å². The van der Waals surface area contributed by atoms with Crippen molar-refractivity contribution in [2.24, 2.45) is 0 Å². The zero-order valence-corrected chi connectivity index (χ0v) is 24.3. The lowest BCUT2D eigenvalue weighted by Gasteiger charge is -2.36. The first-order valence-corrected chi connectivity index (χ1v) is 14.5. The molecular formula is C32H31ClN6O4. The predicted molar refractivity (Wildman–Crippen MR) is 163 cm³/mol. The average Bonchev–Trinajstić information content (AvgIpc) is 3.43. The number of carbonyl (C=O) groups excluding carboxylic acids is 1. The van der Waals surface area contributed by atoms with Crippen molar-refractivity contribution in [1.82, 2.24) is 29.8 Å². The van der Waals surface area contributed by atoms with Gasteiger partial charge in [0.2, 0.25) is 0 Å². The second kappa shape index (κ2) is 12.9. The van der Waals surface area contributed by atoms with E-state index in [9.17, 15) is 9.90 Å². The number of pyridine rings is 1. The van der Waals surface area contributed by atoms with Crippen LogP contribution in [0.15, 0.2) is 79.3 Å². The molecule has 0 radical (unpaired) electrons. The molecule has 43 heavy (non-hydrogen) atoms. The van der Waals surface area contributed by atoms with Crippen molar-refractivity contribution in [2.45, 2.75) is 37.5 Å². The first kappa shape index (κ1) is 28.7. The molecule has 0 aliphatic heterocycles. The van der Waals surface area contributed by atoms with Crippen molar-refractivity contribution in [1.29, 1.82) is 0 Å². The Labute approximate surface area is 253 Å². The highest BCUT2D eigenvalue weighted by Gasteiger charge is 2.34. The fourth-order valence-corrected chi connectivity index (χ4v) is 5.88. The Morgan fingerprint density at radius 1 is 1.02 bits per heavy atom. The van der Waals surface area contributed by atoms with E-state index in [-0.39, 0.29) is 43.0 Å². The number of ether oxygens (including phenoxy) is 2. The number of para-hydroxylation sites is 1. The highest BCUT2D eigenvalue weighted by molar-refractivity contribution is 6.30. The quantitative estimate of drug-likeness (QED) is 0.240. The minimum Gasteiger partial charge on any atom is -0.490 e. The fraction of sp³-hybridized carbons (Fsp3) is 0.281. The maximum Gasteiger partial charge on any atom is 0.270 e. The van der Waals surface area contributed by atoms with Gasteiger partial charge in [0.15, 0.2) is 5.82 Å². The minimum absolute atomic E-state index is 0.0887. The number of hydrogen-bond donors (Lipinski definition) is 2. The van der Waals surface area contributed by atoms with E-state index in [0.29, 0.717) is 35.9 Å². The number of methoxy groups -OCH3 is 1. The molecule has 0 spiro atoms. The van der Waals surface area contributed by atoms with Gasteiger partial charge in [-0.1, -0.05) is 23.7 Å². The molecular weight excluding hydrogens is 568 g/mol. The molecule has 3 aromatic heterocycles. The summed E-state index contributed by atoms with van der Waals surface area (Å²) in [5.41, 5.74) is 3.63. The summed E-state index contributed by atoms with van der Waals surface area (Å²) in [6.07, 6.45) is 6.85. The Hall–Kier alpha value is -4.38. The lowest BCUT2D eigenvalue weighted by molar-refractivity contribution is 0.0397. The molecule has 0 bridgehead atoms. The van der Waals surface area contributed by atoms with Gasteiger partial charge in [0.25, 0.3) is 5.91 Å². The van der Waals surface area contributed by atoms with Crippen LogP contribution in [0.25, 0.3) is 33.8 Å². The Morgan fingerprint density at radius 2 is 1.86 bits per heavy atom. The van der Waals surface area contributed by atoms with Crippen LogP contribution >= 0.6 is 11.6 Å².